The fourth-order valence-corrected chi connectivity index (χ4v) is 9.99. The van der Waals surface area contributed by atoms with Crippen LogP contribution >= 0.6 is 11.3 Å². The van der Waals surface area contributed by atoms with Crippen LogP contribution in [0.3, 0.4) is 0 Å². The van der Waals surface area contributed by atoms with Crippen LogP contribution in [0.5, 0.6) is 0 Å². The number of thiophene rings is 1. The molecular formula is C52H34OS. The molecule has 0 aliphatic carbocycles. The van der Waals surface area contributed by atoms with Crippen LogP contribution in [0.1, 0.15) is 12.2 Å². The standard InChI is InChI=1S/C52H34OS/c1-2-3-15-36-29-35-28-33-23-27-48-52(46(33)31-47(35)53-36)45-24-22-34(30-49(45)54-48)37-25-26-44(39-17-8-7-16-38(37)39)51-42-20-11-9-18-40(42)50(32-13-5-4-6-14-32)41-19-10-12-21-43(41)51/h2,4-14,16-31H,1,3,15H2. The van der Waals surface area contributed by atoms with E-state index < -0.39 is 0 Å². The van der Waals surface area contributed by atoms with Crippen molar-refractivity contribution < 1.29 is 4.42 Å². The van der Waals surface area contributed by atoms with Crippen molar-refractivity contribution in [1.82, 2.24) is 0 Å². The van der Waals surface area contributed by atoms with Crippen molar-refractivity contribution in [3.63, 3.8) is 0 Å². The SMILES string of the molecule is C=CCCc1cc2cc3ccc4sc5cc(-c6ccc(-c7c8ccccc8c(-c8ccccc8)c8ccccc78)c7ccccc67)ccc5c4c3cc2o1. The maximum absolute atomic E-state index is 6.30. The van der Waals surface area contributed by atoms with Gasteiger partial charge >= 0.3 is 0 Å². The summed E-state index contributed by atoms with van der Waals surface area (Å²) in [7, 11) is 0. The second kappa shape index (κ2) is 12.3. The summed E-state index contributed by atoms with van der Waals surface area (Å²) >= 11 is 1.87. The molecule has 2 aromatic heterocycles. The van der Waals surface area contributed by atoms with Crippen molar-refractivity contribution in [3.05, 3.63) is 182 Å². The fraction of sp³-hybridized carbons (Fsp3) is 0.0385. The Bertz CT molecular complexity index is 3230. The summed E-state index contributed by atoms with van der Waals surface area (Å²) in [4.78, 5) is 0. The summed E-state index contributed by atoms with van der Waals surface area (Å²) in [5.41, 5.74) is 8.50. The topological polar surface area (TPSA) is 13.1 Å². The van der Waals surface area contributed by atoms with E-state index in [1.807, 2.05) is 17.4 Å². The van der Waals surface area contributed by atoms with E-state index in [1.165, 1.54) is 96.6 Å². The van der Waals surface area contributed by atoms with Crippen LogP contribution in [0, 0.1) is 0 Å². The molecule has 254 valence electrons. The molecule has 2 heterocycles. The first-order chi connectivity index (χ1) is 26.7. The summed E-state index contributed by atoms with van der Waals surface area (Å²) in [5.74, 6) is 1.01. The van der Waals surface area contributed by atoms with Gasteiger partial charge in [-0.05, 0) is 113 Å². The Kier molecular flexibility index (Phi) is 7.08. The van der Waals surface area contributed by atoms with E-state index >= 15 is 0 Å². The third kappa shape index (κ3) is 4.77. The molecule has 0 atom stereocenters. The fourth-order valence-electron chi connectivity index (χ4n) is 8.83. The third-order valence-electron chi connectivity index (χ3n) is 11.2. The van der Waals surface area contributed by atoms with Gasteiger partial charge in [0.05, 0.1) is 0 Å². The lowest BCUT2D eigenvalue weighted by atomic mass is 9.84. The maximum Gasteiger partial charge on any atom is 0.134 e. The lowest BCUT2D eigenvalue weighted by molar-refractivity contribution is 0.550. The highest BCUT2D eigenvalue weighted by atomic mass is 32.1. The second-order valence-corrected chi connectivity index (χ2v) is 15.4. The van der Waals surface area contributed by atoms with Crippen molar-refractivity contribution in [2.45, 2.75) is 12.8 Å². The summed E-state index contributed by atoms with van der Waals surface area (Å²) in [6, 6.07) is 60.6. The quantitative estimate of drug-likeness (QED) is 0.124. The zero-order valence-corrected chi connectivity index (χ0v) is 30.4. The van der Waals surface area contributed by atoms with Gasteiger partial charge in [0.2, 0.25) is 0 Å². The number of benzene rings is 9. The van der Waals surface area contributed by atoms with E-state index in [0.29, 0.717) is 0 Å². The molecule has 0 N–H and O–H groups in total. The zero-order chi connectivity index (χ0) is 35.8. The molecule has 54 heavy (non-hydrogen) atoms. The lowest BCUT2D eigenvalue weighted by Crippen LogP contribution is -1.92. The number of furan rings is 1. The van der Waals surface area contributed by atoms with Crippen molar-refractivity contribution in [2.75, 3.05) is 0 Å². The monoisotopic (exact) mass is 706 g/mol. The molecule has 9 aromatic carbocycles. The molecule has 0 amide bonds. The number of hydrogen-bond acceptors (Lipinski definition) is 2. The molecular weight excluding hydrogens is 673 g/mol. The van der Waals surface area contributed by atoms with E-state index in [2.05, 4.69) is 170 Å². The van der Waals surface area contributed by atoms with E-state index in [-0.39, 0.29) is 0 Å². The van der Waals surface area contributed by atoms with Crippen LogP contribution in [0.2, 0.25) is 0 Å². The number of aryl methyl sites for hydroxylation is 1. The third-order valence-corrected chi connectivity index (χ3v) is 12.4. The Morgan fingerprint density at radius 2 is 1.11 bits per heavy atom. The molecule has 11 aromatic rings. The zero-order valence-electron chi connectivity index (χ0n) is 29.6. The first kappa shape index (κ1) is 31.1. The predicted octanol–water partition coefficient (Wildman–Crippen LogP) is 15.5. The van der Waals surface area contributed by atoms with Crippen LogP contribution in [-0.2, 0) is 6.42 Å². The maximum atomic E-state index is 6.30. The van der Waals surface area contributed by atoms with Crippen molar-refractivity contribution in [1.29, 1.82) is 0 Å². The summed E-state index contributed by atoms with van der Waals surface area (Å²) in [6.45, 7) is 3.88. The molecule has 0 radical (unpaired) electrons. The molecule has 0 fully saturated rings. The first-order valence-corrected chi connectivity index (χ1v) is 19.5. The van der Waals surface area contributed by atoms with Crippen LogP contribution in [0.15, 0.2) is 181 Å². The molecule has 0 aliphatic rings. The Morgan fingerprint density at radius 1 is 0.463 bits per heavy atom. The number of hydrogen-bond donors (Lipinski definition) is 0. The molecule has 0 aliphatic heterocycles. The van der Waals surface area contributed by atoms with Crippen LogP contribution < -0.4 is 0 Å². The summed E-state index contributed by atoms with van der Waals surface area (Å²) in [5, 5.41) is 13.9. The van der Waals surface area contributed by atoms with Gasteiger partial charge in [0.15, 0.2) is 0 Å². The predicted molar refractivity (Wildman–Crippen MR) is 234 cm³/mol. The molecule has 0 unspecified atom stereocenters. The average Bonchev–Trinajstić information content (AvgIpc) is 3.81. The van der Waals surface area contributed by atoms with Gasteiger partial charge in [-0.25, -0.2) is 0 Å². The van der Waals surface area contributed by atoms with E-state index in [4.69, 9.17) is 4.42 Å². The average molecular weight is 707 g/mol. The molecule has 0 saturated carbocycles. The van der Waals surface area contributed by atoms with Gasteiger partial charge in [-0.1, -0.05) is 140 Å². The molecule has 1 nitrogen and oxygen atoms in total. The normalized spacial score (nSPS) is 11.9. The van der Waals surface area contributed by atoms with Gasteiger partial charge in [-0.15, -0.1) is 17.9 Å². The van der Waals surface area contributed by atoms with Crippen LogP contribution in [0.25, 0.3) is 108 Å². The van der Waals surface area contributed by atoms with Crippen molar-refractivity contribution >= 4 is 85.6 Å². The van der Waals surface area contributed by atoms with E-state index in [0.717, 1.165) is 29.6 Å². The van der Waals surface area contributed by atoms with Gasteiger partial charge < -0.3 is 4.42 Å². The highest BCUT2D eigenvalue weighted by Gasteiger charge is 2.19. The lowest BCUT2D eigenvalue weighted by Gasteiger charge is -2.19. The smallest absolute Gasteiger partial charge is 0.134 e. The van der Waals surface area contributed by atoms with Gasteiger partial charge in [0.1, 0.15) is 11.3 Å². The van der Waals surface area contributed by atoms with Gasteiger partial charge in [-0.3, -0.25) is 0 Å². The van der Waals surface area contributed by atoms with Crippen molar-refractivity contribution in [2.24, 2.45) is 0 Å². The van der Waals surface area contributed by atoms with E-state index in [1.54, 1.807) is 0 Å². The summed E-state index contributed by atoms with van der Waals surface area (Å²) in [6.07, 6.45) is 3.73. The highest BCUT2D eigenvalue weighted by Crippen LogP contribution is 2.47. The molecule has 0 saturated heterocycles. The number of rotatable bonds is 6. The van der Waals surface area contributed by atoms with Crippen LogP contribution in [-0.4, -0.2) is 0 Å². The minimum Gasteiger partial charge on any atom is -0.461 e. The second-order valence-electron chi connectivity index (χ2n) is 14.3. The summed E-state index contributed by atoms with van der Waals surface area (Å²) < 4.78 is 8.90. The highest BCUT2D eigenvalue weighted by molar-refractivity contribution is 7.26. The minimum absolute atomic E-state index is 0.872. The largest absolute Gasteiger partial charge is 0.461 e. The van der Waals surface area contributed by atoms with Gasteiger partial charge in [-0.2, -0.15) is 0 Å². The molecule has 2 heteroatoms. The Balaban J connectivity index is 1.09. The number of allylic oxidation sites excluding steroid dienone is 1. The van der Waals surface area contributed by atoms with Crippen molar-refractivity contribution in [3.8, 4) is 33.4 Å². The van der Waals surface area contributed by atoms with Crippen LogP contribution in [0.4, 0.5) is 0 Å². The Hall–Kier alpha value is -6.48. The molecule has 0 spiro atoms. The molecule has 11 rings (SSSR count). The first-order valence-electron chi connectivity index (χ1n) is 18.7. The minimum atomic E-state index is 0.872. The van der Waals surface area contributed by atoms with E-state index in [9.17, 15) is 0 Å². The number of fused-ring (bicyclic) bond motifs is 9. The molecule has 0 bridgehead atoms. The Labute approximate surface area is 317 Å². The Morgan fingerprint density at radius 3 is 1.83 bits per heavy atom. The van der Waals surface area contributed by atoms with Gasteiger partial charge in [0, 0.05) is 32.0 Å². The van der Waals surface area contributed by atoms with Gasteiger partial charge in [0.25, 0.3) is 0 Å².